The number of ketones is 2. The molecule has 1 aliphatic heterocycles. The molecule has 1 amide bonds. The first-order valence-electron chi connectivity index (χ1n) is 12.4. The Labute approximate surface area is 214 Å². The second-order valence-electron chi connectivity index (χ2n) is 10.5. The highest BCUT2D eigenvalue weighted by molar-refractivity contribution is 6.31. The first kappa shape index (κ1) is 24.8. The zero-order valence-corrected chi connectivity index (χ0v) is 21.0. The van der Waals surface area contributed by atoms with Crippen LogP contribution in [-0.2, 0) is 9.59 Å². The number of carbonyl (C=O) groups is 3. The van der Waals surface area contributed by atoms with E-state index in [4.69, 9.17) is 21.1 Å². The minimum absolute atomic E-state index is 0.0349. The molecule has 2 aromatic rings. The van der Waals surface area contributed by atoms with E-state index in [1.54, 1.807) is 37.3 Å². The van der Waals surface area contributed by atoms with Crippen molar-refractivity contribution in [1.82, 2.24) is 5.32 Å². The monoisotopic (exact) mass is 513 g/mol. The molecule has 2 aromatic carbocycles. The normalized spacial score (nSPS) is 26.6. The van der Waals surface area contributed by atoms with Crippen LogP contribution in [0.1, 0.15) is 67.3 Å². The molecule has 2 bridgehead atoms. The molecule has 1 heterocycles. The molecular weight excluding hydrogens is 485 g/mol. The molecule has 3 fully saturated rings. The molecular formula is C28H29ClFNO5. The predicted octanol–water partition coefficient (Wildman–Crippen LogP) is 5.37. The first-order chi connectivity index (χ1) is 17.2. The van der Waals surface area contributed by atoms with Gasteiger partial charge in [-0.05, 0) is 80.7 Å². The van der Waals surface area contributed by atoms with Crippen LogP contribution in [0.3, 0.4) is 0 Å². The maximum Gasteiger partial charge on any atom is 0.258 e. The summed E-state index contributed by atoms with van der Waals surface area (Å²) in [4.78, 5) is 38.3. The fraction of sp³-hybridized carbons (Fsp3) is 0.464. The fourth-order valence-corrected chi connectivity index (χ4v) is 5.99. The van der Waals surface area contributed by atoms with Crippen LogP contribution in [0.2, 0.25) is 5.02 Å². The Morgan fingerprint density at radius 2 is 1.83 bits per heavy atom. The number of halogens is 2. The van der Waals surface area contributed by atoms with Crippen molar-refractivity contribution in [2.75, 3.05) is 6.61 Å². The first-order valence-corrected chi connectivity index (χ1v) is 12.8. The number of hydrogen-bond acceptors (Lipinski definition) is 5. The molecule has 1 unspecified atom stereocenters. The molecule has 0 saturated heterocycles. The molecule has 4 aliphatic rings. The SMILES string of the molecule is Cc1ccc(OCC(=O)NC23CCC(CC(=O)C4CC(=O)c5cc(Cl)ccc5O4)(CC2)CC3)cc1F. The molecule has 36 heavy (non-hydrogen) atoms. The van der Waals surface area contributed by atoms with E-state index in [2.05, 4.69) is 5.32 Å². The summed E-state index contributed by atoms with van der Waals surface area (Å²) in [5, 5.41) is 3.61. The van der Waals surface area contributed by atoms with Crippen molar-refractivity contribution in [1.29, 1.82) is 0 Å². The van der Waals surface area contributed by atoms with E-state index < -0.39 is 6.10 Å². The second kappa shape index (κ2) is 9.51. The van der Waals surface area contributed by atoms with Gasteiger partial charge in [-0.3, -0.25) is 14.4 Å². The maximum atomic E-state index is 13.7. The lowest BCUT2D eigenvalue weighted by Gasteiger charge is -2.53. The summed E-state index contributed by atoms with van der Waals surface area (Å²) in [5.74, 6) is -0.0240. The van der Waals surface area contributed by atoms with Crippen molar-refractivity contribution in [2.24, 2.45) is 5.41 Å². The Morgan fingerprint density at radius 3 is 2.53 bits per heavy atom. The highest BCUT2D eigenvalue weighted by Gasteiger charge is 2.50. The molecule has 0 spiro atoms. The van der Waals surface area contributed by atoms with Crippen molar-refractivity contribution in [3.63, 3.8) is 0 Å². The number of rotatable bonds is 7. The van der Waals surface area contributed by atoms with Gasteiger partial charge < -0.3 is 14.8 Å². The van der Waals surface area contributed by atoms with Crippen LogP contribution < -0.4 is 14.8 Å². The average molecular weight is 514 g/mol. The molecule has 1 N–H and O–H groups in total. The van der Waals surface area contributed by atoms with Gasteiger partial charge in [0.05, 0.1) is 12.0 Å². The van der Waals surface area contributed by atoms with Gasteiger partial charge in [0.2, 0.25) is 0 Å². The Kier molecular flexibility index (Phi) is 6.54. The third kappa shape index (κ3) is 4.99. The van der Waals surface area contributed by atoms with Gasteiger partial charge in [-0.25, -0.2) is 4.39 Å². The van der Waals surface area contributed by atoms with Gasteiger partial charge >= 0.3 is 0 Å². The molecule has 3 saturated carbocycles. The number of carbonyl (C=O) groups excluding carboxylic acids is 3. The highest BCUT2D eigenvalue weighted by atomic mass is 35.5. The second-order valence-corrected chi connectivity index (χ2v) is 11.0. The van der Waals surface area contributed by atoms with Crippen LogP contribution in [0.5, 0.6) is 11.5 Å². The van der Waals surface area contributed by atoms with E-state index in [1.165, 1.54) is 6.07 Å². The van der Waals surface area contributed by atoms with Gasteiger partial charge in [-0.15, -0.1) is 0 Å². The Hall–Kier alpha value is -2.93. The van der Waals surface area contributed by atoms with Crippen molar-refractivity contribution >= 4 is 29.1 Å². The largest absolute Gasteiger partial charge is 0.484 e. The van der Waals surface area contributed by atoms with Crippen LogP contribution in [0.4, 0.5) is 4.39 Å². The third-order valence-electron chi connectivity index (χ3n) is 8.11. The number of benzene rings is 2. The number of fused-ring (bicyclic) bond motifs is 4. The fourth-order valence-electron chi connectivity index (χ4n) is 5.82. The summed E-state index contributed by atoms with van der Waals surface area (Å²) < 4.78 is 25.1. The lowest BCUT2D eigenvalue weighted by Crippen LogP contribution is -2.58. The quantitative estimate of drug-likeness (QED) is 0.538. The molecule has 1 atom stereocenters. The Bertz CT molecular complexity index is 1200. The number of nitrogens with one attached hydrogen (secondary N) is 1. The van der Waals surface area contributed by atoms with E-state index in [0.717, 1.165) is 38.5 Å². The van der Waals surface area contributed by atoms with Crippen molar-refractivity contribution < 1.29 is 28.2 Å². The van der Waals surface area contributed by atoms with Gasteiger partial charge in [-0.1, -0.05) is 17.7 Å². The minimum Gasteiger partial charge on any atom is -0.484 e. The maximum absolute atomic E-state index is 13.7. The number of ether oxygens (including phenoxy) is 2. The minimum atomic E-state index is -0.766. The molecule has 6 rings (SSSR count). The topological polar surface area (TPSA) is 81.7 Å². The van der Waals surface area contributed by atoms with E-state index in [1.807, 2.05) is 0 Å². The smallest absolute Gasteiger partial charge is 0.258 e. The zero-order chi connectivity index (χ0) is 25.5. The number of hydrogen-bond donors (Lipinski definition) is 1. The van der Waals surface area contributed by atoms with E-state index in [0.29, 0.717) is 34.1 Å². The number of aryl methyl sites for hydroxylation is 1. The van der Waals surface area contributed by atoms with Gasteiger partial charge in [0.25, 0.3) is 5.91 Å². The van der Waals surface area contributed by atoms with E-state index in [9.17, 15) is 18.8 Å². The summed E-state index contributed by atoms with van der Waals surface area (Å²) in [6, 6.07) is 9.43. The summed E-state index contributed by atoms with van der Waals surface area (Å²) in [6.45, 7) is 1.50. The third-order valence-corrected chi connectivity index (χ3v) is 8.34. The van der Waals surface area contributed by atoms with E-state index in [-0.39, 0.29) is 47.3 Å². The molecule has 0 aromatic heterocycles. The average Bonchev–Trinajstić information content (AvgIpc) is 2.86. The summed E-state index contributed by atoms with van der Waals surface area (Å²) in [7, 11) is 0. The van der Waals surface area contributed by atoms with E-state index >= 15 is 0 Å². The van der Waals surface area contributed by atoms with Gasteiger partial charge in [0.1, 0.15) is 17.3 Å². The number of amides is 1. The van der Waals surface area contributed by atoms with Crippen LogP contribution in [0.15, 0.2) is 36.4 Å². The summed E-state index contributed by atoms with van der Waals surface area (Å²) >= 11 is 5.99. The standard InChI is InChI=1S/C28H29ClFNO5/c1-17-2-4-19(13-21(17)30)35-16-26(34)31-28-9-6-27(7-10-28,8-11-28)15-23(33)25-14-22(32)20-12-18(29)3-5-24(20)36-25/h2-5,12-13,25H,6-11,14-16H2,1H3,(H,31,34). The summed E-state index contributed by atoms with van der Waals surface area (Å²) in [6.07, 6.45) is 4.50. The van der Waals surface area contributed by atoms with Crippen LogP contribution in [-0.4, -0.2) is 35.7 Å². The van der Waals surface area contributed by atoms with Crippen LogP contribution in [0, 0.1) is 18.2 Å². The highest BCUT2D eigenvalue weighted by Crippen LogP contribution is 2.54. The number of Topliss-reactive ketones (excluding diaryl/α,β-unsaturated/α-hetero) is 2. The van der Waals surface area contributed by atoms with Crippen LogP contribution in [0.25, 0.3) is 0 Å². The van der Waals surface area contributed by atoms with Crippen molar-refractivity contribution in [3.05, 3.63) is 58.4 Å². The molecule has 190 valence electrons. The Morgan fingerprint density at radius 1 is 1.11 bits per heavy atom. The molecule has 3 aliphatic carbocycles. The molecule has 0 radical (unpaired) electrons. The predicted molar refractivity (Wildman–Crippen MR) is 132 cm³/mol. The lowest BCUT2D eigenvalue weighted by molar-refractivity contribution is -0.133. The van der Waals surface area contributed by atoms with Crippen molar-refractivity contribution in [3.8, 4) is 11.5 Å². The molecule has 8 heteroatoms. The zero-order valence-electron chi connectivity index (χ0n) is 20.2. The Balaban J connectivity index is 1.14. The lowest BCUT2D eigenvalue weighted by atomic mass is 9.55. The van der Waals surface area contributed by atoms with Crippen molar-refractivity contribution in [2.45, 2.75) is 69.9 Å². The van der Waals surface area contributed by atoms with Gasteiger partial charge in [0, 0.05) is 23.0 Å². The van der Waals surface area contributed by atoms with Crippen LogP contribution >= 0.6 is 11.6 Å². The van der Waals surface area contributed by atoms with Gasteiger partial charge in [0.15, 0.2) is 24.3 Å². The summed E-state index contributed by atoms with van der Waals surface area (Å²) in [5.41, 5.74) is 0.538. The van der Waals surface area contributed by atoms with Gasteiger partial charge in [-0.2, -0.15) is 0 Å². The molecule has 6 nitrogen and oxygen atoms in total.